The Hall–Kier alpha value is -1.10. The van der Waals surface area contributed by atoms with Gasteiger partial charge in [-0.25, -0.2) is 0 Å². The molecule has 5 heteroatoms. The molecule has 16 heavy (non-hydrogen) atoms. The lowest BCUT2D eigenvalue weighted by Crippen LogP contribution is -2.47. The first kappa shape index (κ1) is 13.0. The van der Waals surface area contributed by atoms with E-state index in [1.807, 2.05) is 13.8 Å². The zero-order valence-electron chi connectivity index (χ0n) is 9.52. The van der Waals surface area contributed by atoms with Gasteiger partial charge in [0.25, 0.3) is 0 Å². The van der Waals surface area contributed by atoms with Crippen LogP contribution in [0.15, 0.2) is 0 Å². The van der Waals surface area contributed by atoms with Crippen molar-refractivity contribution >= 4 is 11.9 Å². The fourth-order valence-electron chi connectivity index (χ4n) is 2.07. The Morgan fingerprint density at radius 2 is 2.00 bits per heavy atom. The van der Waals surface area contributed by atoms with Crippen LogP contribution < -0.4 is 10.2 Å². The topological polar surface area (TPSA) is 89.5 Å². The molecular weight excluding hydrogens is 212 g/mol. The van der Waals surface area contributed by atoms with Crippen molar-refractivity contribution in [3.05, 3.63) is 0 Å². The van der Waals surface area contributed by atoms with Crippen LogP contribution in [0.25, 0.3) is 0 Å². The van der Waals surface area contributed by atoms with Crippen LogP contribution in [0.5, 0.6) is 0 Å². The number of carbonyl (C=O) groups excluding carboxylic acids is 2. The van der Waals surface area contributed by atoms with Gasteiger partial charge in [0.1, 0.15) is 0 Å². The Morgan fingerprint density at radius 3 is 2.50 bits per heavy atom. The number of carboxylic acids is 2. The molecule has 1 heterocycles. The molecule has 0 aliphatic carbocycles. The lowest BCUT2D eigenvalue weighted by Gasteiger charge is -2.41. The first-order valence-electron chi connectivity index (χ1n) is 5.36. The first-order valence-corrected chi connectivity index (χ1v) is 5.36. The predicted molar refractivity (Wildman–Crippen MR) is 50.9 cm³/mol. The monoisotopic (exact) mass is 228 g/mol. The van der Waals surface area contributed by atoms with E-state index in [2.05, 4.69) is 0 Å². The second-order valence-electron chi connectivity index (χ2n) is 4.87. The van der Waals surface area contributed by atoms with E-state index in [0.717, 1.165) is 0 Å². The largest absolute Gasteiger partial charge is 0.550 e. The van der Waals surface area contributed by atoms with Crippen molar-refractivity contribution in [1.29, 1.82) is 0 Å². The molecule has 1 aliphatic rings. The summed E-state index contributed by atoms with van der Waals surface area (Å²) in [5.74, 6) is -3.22. The third-order valence-electron chi connectivity index (χ3n) is 2.99. The smallest absolute Gasteiger partial charge is 0.0633 e. The van der Waals surface area contributed by atoms with E-state index in [1.165, 1.54) is 0 Å². The van der Waals surface area contributed by atoms with Gasteiger partial charge in [-0.05, 0) is 39.0 Å². The molecule has 1 rings (SSSR count). The van der Waals surface area contributed by atoms with Gasteiger partial charge in [-0.2, -0.15) is 0 Å². The summed E-state index contributed by atoms with van der Waals surface area (Å²) in [4.78, 5) is 21.3. The highest BCUT2D eigenvalue weighted by Gasteiger charge is 2.36. The number of carboxylic acid groups (broad SMARTS) is 2. The molecule has 0 amide bonds. The lowest BCUT2D eigenvalue weighted by molar-refractivity contribution is -0.319. The molecule has 1 fully saturated rings. The summed E-state index contributed by atoms with van der Waals surface area (Å²) in [6.45, 7) is 3.90. The number of aliphatic carboxylic acids is 2. The van der Waals surface area contributed by atoms with Crippen LogP contribution in [-0.2, 0) is 14.3 Å². The Morgan fingerprint density at radius 1 is 1.38 bits per heavy atom. The molecule has 0 aromatic carbocycles. The van der Waals surface area contributed by atoms with Crippen LogP contribution in [0.2, 0.25) is 0 Å². The number of hydrogen-bond donors (Lipinski definition) is 0. The zero-order valence-corrected chi connectivity index (χ0v) is 9.52. The summed E-state index contributed by atoms with van der Waals surface area (Å²) in [6.07, 6.45) is 0.475. The zero-order chi connectivity index (χ0) is 12.3. The maximum atomic E-state index is 11.0. The first-order chi connectivity index (χ1) is 7.32. The van der Waals surface area contributed by atoms with Crippen molar-refractivity contribution in [2.45, 2.75) is 38.7 Å². The Kier molecular flexibility index (Phi) is 3.91. The molecule has 1 aliphatic heterocycles. The SMILES string of the molecule is CC1(C)C[C@H](C(=O)[O-])[C@@H](CCC(=O)[O-])CO1. The summed E-state index contributed by atoms with van der Waals surface area (Å²) in [7, 11) is 0. The molecule has 0 radical (unpaired) electrons. The van der Waals surface area contributed by atoms with Gasteiger partial charge in [-0.1, -0.05) is 0 Å². The van der Waals surface area contributed by atoms with Crippen LogP contribution in [0.1, 0.15) is 33.1 Å². The van der Waals surface area contributed by atoms with E-state index < -0.39 is 23.5 Å². The van der Waals surface area contributed by atoms with Gasteiger partial charge < -0.3 is 24.5 Å². The predicted octanol–water partition coefficient (Wildman–Crippen LogP) is -1.30. The molecule has 0 bridgehead atoms. The van der Waals surface area contributed by atoms with Crippen molar-refractivity contribution in [1.82, 2.24) is 0 Å². The van der Waals surface area contributed by atoms with Crippen LogP contribution in [0, 0.1) is 11.8 Å². The van der Waals surface area contributed by atoms with E-state index in [9.17, 15) is 19.8 Å². The van der Waals surface area contributed by atoms with Crippen molar-refractivity contribution in [3.8, 4) is 0 Å². The second-order valence-corrected chi connectivity index (χ2v) is 4.87. The number of rotatable bonds is 4. The van der Waals surface area contributed by atoms with E-state index >= 15 is 0 Å². The fourth-order valence-corrected chi connectivity index (χ4v) is 2.07. The van der Waals surface area contributed by atoms with Gasteiger partial charge in [0.15, 0.2) is 0 Å². The third kappa shape index (κ3) is 3.48. The normalized spacial score (nSPS) is 28.6. The van der Waals surface area contributed by atoms with Gasteiger partial charge in [0.05, 0.1) is 12.2 Å². The van der Waals surface area contributed by atoms with Crippen LogP contribution in [-0.4, -0.2) is 24.1 Å². The molecule has 1 saturated heterocycles. The van der Waals surface area contributed by atoms with Gasteiger partial charge in [-0.3, -0.25) is 0 Å². The van der Waals surface area contributed by atoms with Gasteiger partial charge >= 0.3 is 0 Å². The summed E-state index contributed by atoms with van der Waals surface area (Å²) < 4.78 is 5.49. The summed E-state index contributed by atoms with van der Waals surface area (Å²) >= 11 is 0. The molecule has 0 aromatic rings. The number of carbonyl (C=O) groups is 2. The summed E-state index contributed by atoms with van der Waals surface area (Å²) in [6, 6.07) is 0. The van der Waals surface area contributed by atoms with E-state index in [1.54, 1.807) is 0 Å². The second kappa shape index (κ2) is 4.82. The minimum Gasteiger partial charge on any atom is -0.550 e. The molecule has 92 valence electrons. The Bertz CT molecular complexity index is 284. The van der Waals surface area contributed by atoms with Crippen molar-refractivity contribution in [2.24, 2.45) is 11.8 Å². The van der Waals surface area contributed by atoms with Gasteiger partial charge in [0.2, 0.25) is 0 Å². The Labute approximate surface area is 94.4 Å². The van der Waals surface area contributed by atoms with Crippen LogP contribution in [0.4, 0.5) is 0 Å². The highest BCUT2D eigenvalue weighted by Crippen LogP contribution is 2.34. The van der Waals surface area contributed by atoms with E-state index in [4.69, 9.17) is 4.74 Å². The summed E-state index contributed by atoms with van der Waals surface area (Å²) in [5, 5.41) is 21.3. The number of ether oxygens (including phenoxy) is 1. The number of hydrogen-bond acceptors (Lipinski definition) is 5. The minimum absolute atomic E-state index is 0.141. The third-order valence-corrected chi connectivity index (χ3v) is 2.99. The summed E-state index contributed by atoms with van der Waals surface area (Å²) in [5.41, 5.74) is -0.483. The molecular formula is C11H16O5-2. The van der Waals surface area contributed by atoms with E-state index in [-0.39, 0.29) is 25.4 Å². The van der Waals surface area contributed by atoms with Crippen LogP contribution in [0.3, 0.4) is 0 Å². The fraction of sp³-hybridized carbons (Fsp3) is 0.818. The molecule has 0 saturated carbocycles. The molecule has 0 N–H and O–H groups in total. The molecule has 0 aromatic heterocycles. The standard InChI is InChI=1S/C11H18O5/c1-11(2)5-8(10(14)15)7(6-16-11)3-4-9(12)13/h7-8H,3-6H2,1-2H3,(H,12,13)(H,14,15)/p-2/t7-,8-/m0/s1. The lowest BCUT2D eigenvalue weighted by atomic mass is 9.79. The highest BCUT2D eigenvalue weighted by molar-refractivity contribution is 5.69. The van der Waals surface area contributed by atoms with Gasteiger partial charge in [0, 0.05) is 17.9 Å². The maximum Gasteiger partial charge on any atom is 0.0633 e. The molecule has 0 unspecified atom stereocenters. The average Bonchev–Trinajstić information content (AvgIpc) is 2.14. The van der Waals surface area contributed by atoms with Gasteiger partial charge in [-0.15, -0.1) is 0 Å². The van der Waals surface area contributed by atoms with Crippen molar-refractivity contribution in [3.63, 3.8) is 0 Å². The van der Waals surface area contributed by atoms with Crippen molar-refractivity contribution < 1.29 is 24.5 Å². The van der Waals surface area contributed by atoms with Crippen molar-refractivity contribution in [2.75, 3.05) is 6.61 Å². The van der Waals surface area contributed by atoms with E-state index in [0.29, 0.717) is 6.42 Å². The highest BCUT2D eigenvalue weighted by atomic mass is 16.5. The maximum absolute atomic E-state index is 11.0. The minimum atomic E-state index is -1.16. The average molecular weight is 228 g/mol. The van der Waals surface area contributed by atoms with Crippen LogP contribution >= 0.6 is 0 Å². The molecule has 5 nitrogen and oxygen atoms in total. The quantitative estimate of drug-likeness (QED) is 0.596. The molecule has 2 atom stereocenters. The molecule has 0 spiro atoms. The Balaban J connectivity index is 2.62.